The molecule has 3 N–H and O–H groups in total. The normalized spacial score (nSPS) is 11.5. The molecule has 0 fully saturated rings. The van der Waals surface area contributed by atoms with E-state index in [1.54, 1.807) is 12.1 Å². The number of nitrogens with one attached hydrogen (secondary N) is 1. The summed E-state index contributed by atoms with van der Waals surface area (Å²) in [6, 6.07) is 6.22. The Morgan fingerprint density at radius 1 is 1.16 bits per heavy atom. The molecule has 0 bridgehead atoms. The van der Waals surface area contributed by atoms with E-state index in [2.05, 4.69) is 16.6 Å². The summed E-state index contributed by atoms with van der Waals surface area (Å²) in [6.07, 6.45) is 0.859. The van der Waals surface area contributed by atoms with Gasteiger partial charge in [0, 0.05) is 17.5 Å². The number of benzene rings is 1. The summed E-state index contributed by atoms with van der Waals surface area (Å²) in [5.41, 5.74) is 6.20. The smallest absolute Gasteiger partial charge is 0.247 e. The number of nitrogens with two attached hydrogens (primary N) is 1. The molecule has 0 aliphatic heterocycles. The Hall–Kier alpha value is -1.56. The van der Waals surface area contributed by atoms with Crippen molar-refractivity contribution < 1.29 is 16.8 Å². The quantitative estimate of drug-likeness (QED) is 0.745. The Morgan fingerprint density at radius 2 is 1.74 bits per heavy atom. The number of hydrogen-bond donors (Lipinski definition) is 2. The average molecular weight is 302 g/mol. The van der Waals surface area contributed by atoms with Gasteiger partial charge in [-0.1, -0.05) is 11.8 Å². The molecule has 1 aromatic carbocycles. The number of hydrogen-bond acceptors (Lipinski definition) is 5. The first-order chi connectivity index (χ1) is 8.72. The molecule has 0 spiro atoms. The van der Waals surface area contributed by atoms with Crippen molar-refractivity contribution in [1.29, 1.82) is 0 Å². The topological polar surface area (TPSA) is 106 Å². The number of sulfone groups is 1. The summed E-state index contributed by atoms with van der Waals surface area (Å²) < 4.78 is 47.2. The molecule has 0 radical (unpaired) electrons. The van der Waals surface area contributed by atoms with Crippen molar-refractivity contribution in [3.63, 3.8) is 0 Å². The second-order valence-corrected chi connectivity index (χ2v) is 8.07. The molecule has 0 heterocycles. The van der Waals surface area contributed by atoms with Gasteiger partial charge in [0.1, 0.15) is 0 Å². The summed E-state index contributed by atoms with van der Waals surface area (Å²) in [6.45, 7) is 0.239. The minimum absolute atomic E-state index is 0.239. The van der Waals surface area contributed by atoms with E-state index in [0.717, 1.165) is 6.26 Å². The van der Waals surface area contributed by atoms with E-state index in [-0.39, 0.29) is 12.2 Å². The molecule has 0 unspecified atom stereocenters. The monoisotopic (exact) mass is 302 g/mol. The van der Waals surface area contributed by atoms with Gasteiger partial charge in [0.05, 0.1) is 6.54 Å². The van der Waals surface area contributed by atoms with Crippen LogP contribution in [0.15, 0.2) is 24.3 Å². The fourth-order valence-electron chi connectivity index (χ4n) is 1.27. The van der Waals surface area contributed by atoms with Crippen molar-refractivity contribution >= 4 is 25.5 Å². The molecule has 1 aromatic rings. The highest BCUT2D eigenvalue weighted by Crippen LogP contribution is 2.11. The van der Waals surface area contributed by atoms with Crippen LogP contribution in [0.5, 0.6) is 0 Å². The lowest BCUT2D eigenvalue weighted by Gasteiger charge is -2.06. The largest absolute Gasteiger partial charge is 0.320 e. The van der Waals surface area contributed by atoms with Crippen molar-refractivity contribution in [2.75, 3.05) is 22.6 Å². The molecular formula is C11H14N2O4S2. The third kappa shape index (κ3) is 6.24. The standard InChI is InChI=1S/C11H14N2O4S2/c1-18(14,15)9-19(16,17)13-11-6-4-10(5-7-11)3-2-8-12/h4-7,13H,8-9,12H2,1H3. The summed E-state index contributed by atoms with van der Waals surface area (Å²) in [7, 11) is -7.52. The fourth-order valence-corrected chi connectivity index (χ4v) is 4.25. The SMILES string of the molecule is CS(=O)(=O)CS(=O)(=O)Nc1ccc(C#CCN)cc1. The Kier molecular flexibility index (Phi) is 4.94. The molecular weight excluding hydrogens is 288 g/mol. The Bertz CT molecular complexity index is 695. The van der Waals surface area contributed by atoms with Gasteiger partial charge < -0.3 is 5.73 Å². The lowest BCUT2D eigenvalue weighted by Crippen LogP contribution is -2.22. The molecule has 6 nitrogen and oxygen atoms in total. The molecule has 1 rings (SSSR count). The van der Waals surface area contributed by atoms with Gasteiger partial charge >= 0.3 is 0 Å². The zero-order chi connectivity index (χ0) is 14.5. The number of rotatable bonds is 4. The van der Waals surface area contributed by atoms with Crippen LogP contribution in [-0.2, 0) is 19.9 Å². The third-order valence-corrected chi connectivity index (χ3v) is 5.36. The Labute approximate surface area is 113 Å². The summed E-state index contributed by atoms with van der Waals surface area (Å²) in [5.74, 6) is 5.45. The first-order valence-electron chi connectivity index (χ1n) is 5.19. The van der Waals surface area contributed by atoms with Crippen LogP contribution in [-0.4, -0.2) is 34.7 Å². The second kappa shape index (κ2) is 6.06. The lowest BCUT2D eigenvalue weighted by molar-refractivity contribution is 0.595. The number of anilines is 1. The van der Waals surface area contributed by atoms with Crippen molar-refractivity contribution in [3.05, 3.63) is 29.8 Å². The van der Waals surface area contributed by atoms with Gasteiger partial charge in [-0.2, -0.15) is 0 Å². The van der Waals surface area contributed by atoms with Crippen LogP contribution < -0.4 is 10.5 Å². The number of sulfonamides is 1. The molecule has 0 saturated carbocycles. The Morgan fingerprint density at radius 3 is 2.21 bits per heavy atom. The first-order valence-corrected chi connectivity index (χ1v) is 8.90. The third-order valence-electron chi connectivity index (χ3n) is 1.86. The van der Waals surface area contributed by atoms with Crippen LogP contribution >= 0.6 is 0 Å². The van der Waals surface area contributed by atoms with Crippen molar-refractivity contribution in [3.8, 4) is 11.8 Å². The van der Waals surface area contributed by atoms with Crippen molar-refractivity contribution in [2.24, 2.45) is 5.73 Å². The predicted molar refractivity (Wildman–Crippen MR) is 74.6 cm³/mol. The maximum absolute atomic E-state index is 11.5. The molecule has 0 amide bonds. The van der Waals surface area contributed by atoms with Gasteiger partial charge in [-0.3, -0.25) is 4.72 Å². The molecule has 19 heavy (non-hydrogen) atoms. The maximum Gasteiger partial charge on any atom is 0.247 e. The van der Waals surface area contributed by atoms with Gasteiger partial charge in [0.15, 0.2) is 14.9 Å². The zero-order valence-corrected chi connectivity index (χ0v) is 11.9. The molecule has 0 aliphatic rings. The van der Waals surface area contributed by atoms with E-state index in [1.165, 1.54) is 12.1 Å². The van der Waals surface area contributed by atoms with Crippen LogP contribution in [0, 0.1) is 11.8 Å². The molecule has 0 saturated heterocycles. The van der Waals surface area contributed by atoms with Crippen molar-refractivity contribution in [1.82, 2.24) is 0 Å². The lowest BCUT2D eigenvalue weighted by atomic mass is 10.2. The van der Waals surface area contributed by atoms with Crippen LogP contribution in [0.25, 0.3) is 0 Å². The minimum Gasteiger partial charge on any atom is -0.320 e. The van der Waals surface area contributed by atoms with Gasteiger partial charge in [-0.05, 0) is 24.3 Å². The average Bonchev–Trinajstić information content (AvgIpc) is 2.24. The molecule has 0 aromatic heterocycles. The van der Waals surface area contributed by atoms with E-state index in [1.807, 2.05) is 0 Å². The van der Waals surface area contributed by atoms with Gasteiger partial charge in [0.2, 0.25) is 10.0 Å². The van der Waals surface area contributed by atoms with Crippen LogP contribution in [0.1, 0.15) is 5.56 Å². The van der Waals surface area contributed by atoms with Crippen molar-refractivity contribution in [2.45, 2.75) is 0 Å². The van der Waals surface area contributed by atoms with E-state index < -0.39 is 24.9 Å². The minimum atomic E-state index is -3.92. The fraction of sp³-hybridized carbons (Fsp3) is 0.273. The highest BCUT2D eigenvalue weighted by atomic mass is 32.3. The molecule has 8 heteroatoms. The first kappa shape index (κ1) is 15.5. The highest BCUT2D eigenvalue weighted by molar-refractivity contribution is 8.08. The summed E-state index contributed by atoms with van der Waals surface area (Å²) in [4.78, 5) is 0. The molecule has 104 valence electrons. The van der Waals surface area contributed by atoms with Crippen LogP contribution in [0.2, 0.25) is 0 Å². The zero-order valence-electron chi connectivity index (χ0n) is 10.3. The van der Waals surface area contributed by atoms with E-state index in [0.29, 0.717) is 5.56 Å². The Balaban J connectivity index is 2.84. The van der Waals surface area contributed by atoms with E-state index in [4.69, 9.17) is 5.73 Å². The van der Waals surface area contributed by atoms with Gasteiger partial charge in [-0.15, -0.1) is 0 Å². The second-order valence-electron chi connectivity index (χ2n) is 3.84. The molecule has 0 atom stereocenters. The predicted octanol–water partition coefficient (Wildman–Crippen LogP) is -0.259. The summed E-state index contributed by atoms with van der Waals surface area (Å²) in [5, 5.41) is -0.950. The van der Waals surface area contributed by atoms with Gasteiger partial charge in [0.25, 0.3) is 0 Å². The highest BCUT2D eigenvalue weighted by Gasteiger charge is 2.17. The van der Waals surface area contributed by atoms with Crippen LogP contribution in [0.3, 0.4) is 0 Å². The summed E-state index contributed by atoms with van der Waals surface area (Å²) >= 11 is 0. The maximum atomic E-state index is 11.5. The van der Waals surface area contributed by atoms with E-state index in [9.17, 15) is 16.8 Å². The molecule has 0 aliphatic carbocycles. The van der Waals surface area contributed by atoms with Crippen LogP contribution in [0.4, 0.5) is 5.69 Å². The van der Waals surface area contributed by atoms with E-state index >= 15 is 0 Å². The van der Waals surface area contributed by atoms with Gasteiger partial charge in [-0.25, -0.2) is 16.8 Å².